The van der Waals surface area contributed by atoms with Gasteiger partial charge in [-0.25, -0.2) is 8.42 Å². The van der Waals surface area contributed by atoms with E-state index in [9.17, 15) is 23.6 Å². The highest BCUT2D eigenvalue weighted by Gasteiger charge is 2.28. The molecule has 0 unspecified atom stereocenters. The Hall–Kier alpha value is -3.35. The number of hydrogen-bond acceptors (Lipinski definition) is 6. The molecule has 0 spiro atoms. The number of phenolic OH excluding ortho intramolecular Hbond substituents is 1. The predicted molar refractivity (Wildman–Crippen MR) is 112 cm³/mol. The summed E-state index contributed by atoms with van der Waals surface area (Å²) >= 11 is 0. The number of nitrogens with one attached hydrogen (secondary N) is 1. The fourth-order valence-electron chi connectivity index (χ4n) is 3.00. The maximum Gasteiger partial charge on any atom is 0.267 e. The number of piperazine rings is 1. The first-order valence-corrected chi connectivity index (χ1v) is 10.8. The van der Waals surface area contributed by atoms with Gasteiger partial charge in [-0.3, -0.25) is 4.79 Å². The summed E-state index contributed by atoms with van der Waals surface area (Å²) in [5, 5.41) is 21.2. The van der Waals surface area contributed by atoms with Crippen LogP contribution < -0.4 is 5.32 Å². The molecule has 2 aromatic carbocycles. The first-order chi connectivity index (χ1) is 14.3. The van der Waals surface area contributed by atoms with Crippen LogP contribution in [0.15, 0.2) is 65.2 Å². The molecule has 0 radical (unpaired) electrons. The normalized spacial score (nSPS) is 15.5. The van der Waals surface area contributed by atoms with Gasteiger partial charge in [0, 0.05) is 38.1 Å². The molecule has 0 saturated carbocycles. The molecule has 1 amide bonds. The quantitative estimate of drug-likeness (QED) is 0.430. The van der Waals surface area contributed by atoms with E-state index in [0.29, 0.717) is 18.8 Å². The fraction of sp³-hybridized carbons (Fsp3) is 0.238. The third kappa shape index (κ3) is 4.97. The molecule has 156 valence electrons. The van der Waals surface area contributed by atoms with Crippen LogP contribution in [-0.4, -0.2) is 54.8 Å². The van der Waals surface area contributed by atoms with Gasteiger partial charge in [0.05, 0.1) is 4.90 Å². The number of nitrogens with zero attached hydrogens (tertiary/aromatic N) is 3. The van der Waals surface area contributed by atoms with Gasteiger partial charge in [-0.15, -0.1) is 0 Å². The number of carbonyl (C=O) groups is 1. The van der Waals surface area contributed by atoms with E-state index >= 15 is 0 Å². The van der Waals surface area contributed by atoms with Gasteiger partial charge < -0.3 is 15.3 Å². The third-order valence-electron chi connectivity index (χ3n) is 4.73. The molecule has 1 aliphatic heterocycles. The standard InChI is InChI=1S/C21H22N4O4S/c1-16-2-8-20(9-3-16)30(28,29)25-12-10-24(11-13-25)15-17(14-22)21(27)23-18-4-6-19(26)7-5-18/h2-9,15,26H,10-13H2,1H3,(H,23,27)/b17-15-. The van der Waals surface area contributed by atoms with Gasteiger partial charge in [-0.05, 0) is 43.3 Å². The molecule has 2 aromatic rings. The Labute approximate surface area is 175 Å². The molecule has 9 heteroatoms. The van der Waals surface area contributed by atoms with Gasteiger partial charge in [0.25, 0.3) is 5.91 Å². The van der Waals surface area contributed by atoms with E-state index in [1.54, 1.807) is 29.2 Å². The summed E-state index contributed by atoms with van der Waals surface area (Å²) < 4.78 is 27.0. The van der Waals surface area contributed by atoms with E-state index in [2.05, 4.69) is 5.32 Å². The summed E-state index contributed by atoms with van der Waals surface area (Å²) in [6, 6.07) is 14.5. The highest BCUT2D eigenvalue weighted by molar-refractivity contribution is 7.89. The number of hydrogen-bond donors (Lipinski definition) is 2. The second kappa shape index (κ2) is 8.98. The van der Waals surface area contributed by atoms with E-state index in [-0.39, 0.29) is 29.3 Å². The van der Waals surface area contributed by atoms with E-state index in [4.69, 9.17) is 0 Å². The van der Waals surface area contributed by atoms with Crippen LogP contribution in [0, 0.1) is 18.3 Å². The molecule has 1 heterocycles. The topological polar surface area (TPSA) is 114 Å². The van der Waals surface area contributed by atoms with Crippen LogP contribution in [0.5, 0.6) is 5.75 Å². The lowest BCUT2D eigenvalue weighted by molar-refractivity contribution is -0.112. The minimum Gasteiger partial charge on any atom is -0.508 e. The van der Waals surface area contributed by atoms with E-state index in [0.717, 1.165) is 5.56 Å². The van der Waals surface area contributed by atoms with Crippen LogP contribution >= 0.6 is 0 Å². The number of aryl methyl sites for hydroxylation is 1. The molecule has 2 N–H and O–H groups in total. The molecular weight excluding hydrogens is 404 g/mol. The van der Waals surface area contributed by atoms with Crippen molar-refractivity contribution in [2.45, 2.75) is 11.8 Å². The summed E-state index contributed by atoms with van der Waals surface area (Å²) in [6.45, 7) is 3.13. The minimum atomic E-state index is -3.58. The average Bonchev–Trinajstić information content (AvgIpc) is 2.74. The van der Waals surface area contributed by atoms with E-state index in [1.165, 1.54) is 34.8 Å². The Balaban J connectivity index is 1.63. The van der Waals surface area contributed by atoms with Crippen LogP contribution in [0.4, 0.5) is 5.69 Å². The van der Waals surface area contributed by atoms with Gasteiger partial charge in [0.15, 0.2) is 0 Å². The summed E-state index contributed by atoms with van der Waals surface area (Å²) in [4.78, 5) is 14.4. The Morgan fingerprint density at radius 1 is 1.07 bits per heavy atom. The highest BCUT2D eigenvalue weighted by atomic mass is 32.2. The molecule has 0 atom stereocenters. The van der Waals surface area contributed by atoms with Crippen molar-refractivity contribution in [2.24, 2.45) is 0 Å². The molecule has 1 fully saturated rings. The largest absolute Gasteiger partial charge is 0.508 e. The zero-order valence-corrected chi connectivity index (χ0v) is 17.3. The molecule has 0 aromatic heterocycles. The Kier molecular flexibility index (Phi) is 6.40. The van der Waals surface area contributed by atoms with Gasteiger partial charge in [0.1, 0.15) is 17.4 Å². The SMILES string of the molecule is Cc1ccc(S(=O)(=O)N2CCN(/C=C(/C#N)C(=O)Nc3ccc(O)cc3)CC2)cc1. The van der Waals surface area contributed by atoms with E-state index < -0.39 is 15.9 Å². The lowest BCUT2D eigenvalue weighted by atomic mass is 10.2. The molecule has 3 rings (SSSR count). The van der Waals surface area contributed by atoms with Gasteiger partial charge in [0.2, 0.25) is 10.0 Å². The Bertz CT molecular complexity index is 1080. The van der Waals surface area contributed by atoms with Gasteiger partial charge >= 0.3 is 0 Å². The molecular formula is C21H22N4O4S. The highest BCUT2D eigenvalue weighted by Crippen LogP contribution is 2.19. The maximum atomic E-state index is 12.8. The third-order valence-corrected chi connectivity index (χ3v) is 6.65. The molecule has 1 aliphatic rings. The second-order valence-corrected chi connectivity index (χ2v) is 8.85. The number of rotatable bonds is 5. The zero-order chi connectivity index (χ0) is 21.7. The second-order valence-electron chi connectivity index (χ2n) is 6.91. The molecule has 0 aliphatic carbocycles. The monoisotopic (exact) mass is 426 g/mol. The van der Waals surface area contributed by atoms with Crippen LogP contribution in [0.25, 0.3) is 0 Å². The summed E-state index contributed by atoms with van der Waals surface area (Å²) in [6.07, 6.45) is 1.45. The van der Waals surface area contributed by atoms with Crippen molar-refractivity contribution in [3.05, 3.63) is 65.9 Å². The van der Waals surface area contributed by atoms with Crippen molar-refractivity contribution in [2.75, 3.05) is 31.5 Å². The van der Waals surface area contributed by atoms with Crippen LogP contribution in [0.3, 0.4) is 0 Å². The van der Waals surface area contributed by atoms with Gasteiger partial charge in [-0.1, -0.05) is 17.7 Å². The van der Waals surface area contributed by atoms with Gasteiger partial charge in [-0.2, -0.15) is 9.57 Å². The fourth-order valence-corrected chi connectivity index (χ4v) is 4.42. The minimum absolute atomic E-state index is 0.0718. The number of carbonyl (C=O) groups excluding carboxylic acids is 1. The van der Waals surface area contributed by atoms with E-state index in [1.807, 2.05) is 13.0 Å². The molecule has 1 saturated heterocycles. The smallest absolute Gasteiger partial charge is 0.267 e. The van der Waals surface area contributed by atoms with Crippen molar-refractivity contribution in [1.82, 2.24) is 9.21 Å². The van der Waals surface area contributed by atoms with Crippen molar-refractivity contribution in [3.8, 4) is 11.8 Å². The summed E-state index contributed by atoms with van der Waals surface area (Å²) in [7, 11) is -3.58. The van der Waals surface area contributed by atoms with Crippen molar-refractivity contribution < 1.29 is 18.3 Å². The lowest BCUT2D eigenvalue weighted by Gasteiger charge is -2.33. The molecule has 0 bridgehead atoms. The number of amides is 1. The average molecular weight is 426 g/mol. The van der Waals surface area contributed by atoms with Crippen LogP contribution in [0.2, 0.25) is 0 Å². The number of anilines is 1. The first-order valence-electron chi connectivity index (χ1n) is 9.33. The summed E-state index contributed by atoms with van der Waals surface area (Å²) in [5.74, 6) is -0.500. The number of benzene rings is 2. The number of sulfonamides is 1. The first kappa shape index (κ1) is 21.4. The molecule has 8 nitrogen and oxygen atoms in total. The Morgan fingerprint density at radius 2 is 1.67 bits per heavy atom. The summed E-state index contributed by atoms with van der Waals surface area (Å²) in [5.41, 5.74) is 1.35. The van der Waals surface area contributed by atoms with Crippen LogP contribution in [-0.2, 0) is 14.8 Å². The predicted octanol–water partition coefficient (Wildman–Crippen LogP) is 2.05. The van der Waals surface area contributed by atoms with Crippen LogP contribution in [0.1, 0.15) is 5.56 Å². The number of nitriles is 1. The van der Waals surface area contributed by atoms with Crippen molar-refractivity contribution >= 4 is 21.6 Å². The Morgan fingerprint density at radius 3 is 2.23 bits per heavy atom. The zero-order valence-electron chi connectivity index (χ0n) is 16.4. The number of aromatic hydroxyl groups is 1. The molecule has 30 heavy (non-hydrogen) atoms. The maximum absolute atomic E-state index is 12.8. The van der Waals surface area contributed by atoms with Crippen molar-refractivity contribution in [1.29, 1.82) is 5.26 Å². The van der Waals surface area contributed by atoms with Crippen molar-refractivity contribution in [3.63, 3.8) is 0 Å². The number of phenols is 1. The lowest BCUT2D eigenvalue weighted by Crippen LogP contribution is -2.46.